The maximum absolute atomic E-state index is 12.6. The molecular formula is C20H29F3N2. The second-order valence-corrected chi connectivity index (χ2v) is 7.52. The van der Waals surface area contributed by atoms with Crippen molar-refractivity contribution in [1.82, 2.24) is 4.90 Å². The third kappa shape index (κ3) is 5.37. The normalized spacial score (nSPS) is 20.4. The number of rotatable bonds is 6. The van der Waals surface area contributed by atoms with Gasteiger partial charge in [0.1, 0.15) is 0 Å². The molecule has 25 heavy (non-hydrogen) atoms. The molecule has 3 rings (SSSR count). The zero-order valence-electron chi connectivity index (χ0n) is 14.9. The van der Waals surface area contributed by atoms with Gasteiger partial charge in [-0.05, 0) is 81.9 Å². The van der Waals surface area contributed by atoms with Crippen molar-refractivity contribution in [3.05, 3.63) is 29.8 Å². The lowest BCUT2D eigenvalue weighted by Gasteiger charge is -2.34. The third-order valence-electron chi connectivity index (χ3n) is 5.71. The van der Waals surface area contributed by atoms with Crippen molar-refractivity contribution in [3.8, 4) is 0 Å². The van der Waals surface area contributed by atoms with Gasteiger partial charge < -0.3 is 9.80 Å². The molecule has 1 aromatic rings. The molecule has 140 valence electrons. The SMILES string of the molecule is FC(F)(F)c1ccc(N2CCC(CCCCN3CCCC3)CC2)cc1. The number of benzene rings is 1. The van der Waals surface area contributed by atoms with E-state index in [-0.39, 0.29) is 0 Å². The minimum Gasteiger partial charge on any atom is -0.372 e. The van der Waals surface area contributed by atoms with Gasteiger partial charge in [0.15, 0.2) is 0 Å². The Hall–Kier alpha value is -1.23. The van der Waals surface area contributed by atoms with Crippen molar-refractivity contribution in [2.75, 3.05) is 37.6 Å². The number of piperidine rings is 1. The third-order valence-corrected chi connectivity index (χ3v) is 5.71. The predicted octanol–water partition coefficient (Wildman–Crippen LogP) is 5.19. The molecule has 2 nitrogen and oxygen atoms in total. The fraction of sp³-hybridized carbons (Fsp3) is 0.700. The first-order valence-electron chi connectivity index (χ1n) is 9.67. The Bertz CT molecular complexity index is 513. The van der Waals surface area contributed by atoms with Crippen molar-refractivity contribution >= 4 is 5.69 Å². The van der Waals surface area contributed by atoms with Crippen LogP contribution in [0.4, 0.5) is 18.9 Å². The van der Waals surface area contributed by atoms with Crippen molar-refractivity contribution in [2.24, 2.45) is 5.92 Å². The summed E-state index contributed by atoms with van der Waals surface area (Å²) < 4.78 is 37.9. The van der Waals surface area contributed by atoms with Crippen molar-refractivity contribution in [2.45, 2.75) is 51.1 Å². The Morgan fingerprint density at radius 3 is 2.12 bits per heavy atom. The largest absolute Gasteiger partial charge is 0.416 e. The van der Waals surface area contributed by atoms with Gasteiger partial charge in [0, 0.05) is 18.8 Å². The molecule has 2 aliphatic heterocycles. The number of likely N-dealkylation sites (tertiary alicyclic amines) is 1. The lowest BCUT2D eigenvalue weighted by Crippen LogP contribution is -2.33. The van der Waals surface area contributed by atoms with E-state index in [0.717, 1.165) is 37.5 Å². The average Bonchev–Trinajstić information content (AvgIpc) is 3.12. The van der Waals surface area contributed by atoms with E-state index in [0.29, 0.717) is 0 Å². The summed E-state index contributed by atoms with van der Waals surface area (Å²) in [6.45, 7) is 5.74. The van der Waals surface area contributed by atoms with Crippen LogP contribution in [0, 0.1) is 5.92 Å². The Morgan fingerprint density at radius 2 is 1.52 bits per heavy atom. The second kappa shape index (κ2) is 8.43. The van der Waals surface area contributed by atoms with Crippen LogP contribution in [0.1, 0.15) is 50.5 Å². The van der Waals surface area contributed by atoms with Gasteiger partial charge in [0.2, 0.25) is 0 Å². The van der Waals surface area contributed by atoms with Gasteiger partial charge in [-0.3, -0.25) is 0 Å². The van der Waals surface area contributed by atoms with Crippen LogP contribution in [0.15, 0.2) is 24.3 Å². The van der Waals surface area contributed by atoms with E-state index < -0.39 is 11.7 Å². The summed E-state index contributed by atoms with van der Waals surface area (Å²) in [6, 6.07) is 5.61. The molecule has 2 fully saturated rings. The Balaban J connectivity index is 1.36. The number of nitrogens with zero attached hydrogens (tertiary/aromatic N) is 2. The summed E-state index contributed by atoms with van der Waals surface area (Å²) in [6.07, 6.45) is 4.70. The minimum atomic E-state index is -4.25. The number of halogens is 3. The number of anilines is 1. The highest BCUT2D eigenvalue weighted by molar-refractivity contribution is 5.48. The van der Waals surface area contributed by atoms with Gasteiger partial charge >= 0.3 is 6.18 Å². The lowest BCUT2D eigenvalue weighted by molar-refractivity contribution is -0.137. The predicted molar refractivity (Wildman–Crippen MR) is 95.9 cm³/mol. The van der Waals surface area contributed by atoms with Gasteiger partial charge in [-0.1, -0.05) is 12.8 Å². The van der Waals surface area contributed by atoms with E-state index in [1.165, 1.54) is 63.9 Å². The first-order valence-corrected chi connectivity index (χ1v) is 9.67. The monoisotopic (exact) mass is 354 g/mol. The summed E-state index contributed by atoms with van der Waals surface area (Å²) in [5, 5.41) is 0. The highest BCUT2D eigenvalue weighted by atomic mass is 19.4. The van der Waals surface area contributed by atoms with Crippen LogP contribution in [-0.4, -0.2) is 37.6 Å². The van der Waals surface area contributed by atoms with E-state index in [9.17, 15) is 13.2 Å². The molecule has 0 atom stereocenters. The quantitative estimate of drug-likeness (QED) is 0.649. The highest BCUT2D eigenvalue weighted by Crippen LogP contribution is 2.32. The topological polar surface area (TPSA) is 6.48 Å². The number of hydrogen-bond acceptors (Lipinski definition) is 2. The molecule has 0 amide bonds. The number of unbranched alkanes of at least 4 members (excludes halogenated alkanes) is 1. The zero-order valence-corrected chi connectivity index (χ0v) is 14.9. The Kier molecular flexibility index (Phi) is 6.26. The summed E-state index contributed by atoms with van der Waals surface area (Å²) in [5.74, 6) is 0.782. The molecule has 0 aromatic heterocycles. The average molecular weight is 354 g/mol. The first kappa shape index (κ1) is 18.6. The van der Waals surface area contributed by atoms with E-state index in [1.54, 1.807) is 12.1 Å². The van der Waals surface area contributed by atoms with Gasteiger partial charge in [-0.2, -0.15) is 13.2 Å². The Labute approximate surface area is 149 Å². The van der Waals surface area contributed by atoms with Crippen LogP contribution < -0.4 is 4.90 Å². The van der Waals surface area contributed by atoms with Gasteiger partial charge in [-0.15, -0.1) is 0 Å². The van der Waals surface area contributed by atoms with Crippen LogP contribution in [-0.2, 0) is 6.18 Å². The molecule has 2 aliphatic rings. The molecule has 0 unspecified atom stereocenters. The fourth-order valence-electron chi connectivity index (χ4n) is 4.12. The second-order valence-electron chi connectivity index (χ2n) is 7.52. The first-order chi connectivity index (χ1) is 12.0. The summed E-state index contributed by atoms with van der Waals surface area (Å²) >= 11 is 0. The summed E-state index contributed by atoms with van der Waals surface area (Å²) in [7, 11) is 0. The summed E-state index contributed by atoms with van der Waals surface area (Å²) in [4.78, 5) is 4.80. The van der Waals surface area contributed by atoms with Crippen molar-refractivity contribution in [1.29, 1.82) is 0 Å². The van der Waals surface area contributed by atoms with Crippen LogP contribution in [0.25, 0.3) is 0 Å². The van der Waals surface area contributed by atoms with E-state index in [2.05, 4.69) is 9.80 Å². The molecule has 2 saturated heterocycles. The van der Waals surface area contributed by atoms with Gasteiger partial charge in [0.05, 0.1) is 5.56 Å². The van der Waals surface area contributed by atoms with Crippen molar-refractivity contribution < 1.29 is 13.2 Å². The van der Waals surface area contributed by atoms with Crippen LogP contribution >= 0.6 is 0 Å². The van der Waals surface area contributed by atoms with E-state index >= 15 is 0 Å². The maximum atomic E-state index is 12.6. The number of alkyl halides is 3. The molecule has 2 heterocycles. The van der Waals surface area contributed by atoms with E-state index in [4.69, 9.17) is 0 Å². The van der Waals surface area contributed by atoms with Gasteiger partial charge in [0.25, 0.3) is 0 Å². The van der Waals surface area contributed by atoms with Crippen LogP contribution in [0.2, 0.25) is 0 Å². The fourth-order valence-corrected chi connectivity index (χ4v) is 4.12. The minimum absolute atomic E-state index is 0.566. The maximum Gasteiger partial charge on any atom is 0.416 e. The number of hydrogen-bond donors (Lipinski definition) is 0. The standard InChI is InChI=1S/C20H29F3N2/c21-20(22,23)18-6-8-19(9-7-18)25-15-10-17(11-16-25)5-1-2-12-24-13-3-4-14-24/h6-9,17H,1-5,10-16H2. The molecule has 0 aliphatic carbocycles. The molecule has 0 radical (unpaired) electrons. The summed E-state index contributed by atoms with van der Waals surface area (Å²) in [5.41, 5.74) is 0.352. The molecule has 5 heteroatoms. The van der Waals surface area contributed by atoms with Crippen LogP contribution in [0.3, 0.4) is 0 Å². The van der Waals surface area contributed by atoms with Gasteiger partial charge in [-0.25, -0.2) is 0 Å². The van der Waals surface area contributed by atoms with Crippen molar-refractivity contribution in [3.63, 3.8) is 0 Å². The lowest BCUT2D eigenvalue weighted by atomic mass is 9.91. The van der Waals surface area contributed by atoms with E-state index in [1.807, 2.05) is 0 Å². The molecule has 0 N–H and O–H groups in total. The molecule has 0 bridgehead atoms. The Morgan fingerprint density at radius 1 is 0.880 bits per heavy atom. The molecule has 0 saturated carbocycles. The molecule has 0 spiro atoms. The molecule has 1 aromatic carbocycles. The zero-order chi connectivity index (χ0) is 17.7. The smallest absolute Gasteiger partial charge is 0.372 e. The molecular weight excluding hydrogens is 325 g/mol. The van der Waals surface area contributed by atoms with Crippen LogP contribution in [0.5, 0.6) is 0 Å². The highest BCUT2D eigenvalue weighted by Gasteiger charge is 2.30.